The van der Waals surface area contributed by atoms with Gasteiger partial charge in [0.2, 0.25) is 0 Å². The van der Waals surface area contributed by atoms with Crippen LogP contribution in [0, 0.1) is 5.82 Å². The number of aromatic nitrogens is 3. The molecule has 46 heavy (non-hydrogen) atoms. The van der Waals surface area contributed by atoms with Gasteiger partial charge in [0, 0.05) is 30.5 Å². The Kier molecular flexibility index (Phi) is 9.92. The number of rotatable bonds is 9. The summed E-state index contributed by atoms with van der Waals surface area (Å²) in [5, 5.41) is 6.59. The maximum atomic E-state index is 15.2. The molecule has 11 nitrogen and oxygen atoms in total. The van der Waals surface area contributed by atoms with Crippen molar-refractivity contribution in [3.8, 4) is 22.8 Å². The number of benzene rings is 2. The summed E-state index contributed by atoms with van der Waals surface area (Å²) in [6.45, 7) is 5.49. The lowest BCUT2D eigenvalue weighted by Crippen LogP contribution is -2.42. The highest BCUT2D eigenvalue weighted by molar-refractivity contribution is 7.92. The van der Waals surface area contributed by atoms with E-state index in [1.54, 1.807) is 36.5 Å². The maximum absolute atomic E-state index is 15.2. The molecule has 5 rings (SSSR count). The number of nitrogens with zero attached hydrogens (tertiary/aromatic N) is 3. The van der Waals surface area contributed by atoms with Gasteiger partial charge in [-0.3, -0.25) is 9.71 Å². The summed E-state index contributed by atoms with van der Waals surface area (Å²) in [5.41, 5.74) is 0.595. The summed E-state index contributed by atoms with van der Waals surface area (Å²) in [7, 11) is -4.12. The van der Waals surface area contributed by atoms with Crippen molar-refractivity contribution < 1.29 is 27.1 Å². The highest BCUT2D eigenvalue weighted by Gasteiger charge is 2.25. The molecule has 1 saturated carbocycles. The zero-order chi connectivity index (χ0) is 32.9. The van der Waals surface area contributed by atoms with Crippen molar-refractivity contribution in [3.63, 3.8) is 0 Å². The van der Waals surface area contributed by atoms with Gasteiger partial charge in [0.15, 0.2) is 11.6 Å². The number of hydrogen-bond donors (Lipinski definition) is 3. The summed E-state index contributed by atoms with van der Waals surface area (Å²) in [5.74, 6) is -0.216. The fraction of sp³-hybridized carbons (Fsp3) is 0.312. The number of carbonyl (C=O) groups excluding carboxylic acids is 1. The highest BCUT2D eigenvalue weighted by atomic mass is 35.5. The zero-order valence-corrected chi connectivity index (χ0v) is 27.0. The van der Waals surface area contributed by atoms with E-state index in [0.717, 1.165) is 31.7 Å². The largest absolute Gasteiger partial charge is 0.453 e. The van der Waals surface area contributed by atoms with Crippen molar-refractivity contribution in [2.45, 2.75) is 69.0 Å². The molecule has 14 heteroatoms. The fourth-order valence-corrected chi connectivity index (χ4v) is 6.24. The molecule has 3 N–H and O–H groups in total. The van der Waals surface area contributed by atoms with Crippen molar-refractivity contribution in [3.05, 3.63) is 84.2 Å². The molecule has 0 aliphatic heterocycles. The molecule has 2 heterocycles. The predicted octanol–water partition coefficient (Wildman–Crippen LogP) is 7.17. The third kappa shape index (κ3) is 8.61. The van der Waals surface area contributed by atoms with E-state index in [4.69, 9.17) is 21.1 Å². The number of nitrogens with one attached hydrogen (secondary N) is 3. The van der Waals surface area contributed by atoms with Crippen LogP contribution in [0.25, 0.3) is 11.3 Å². The van der Waals surface area contributed by atoms with Gasteiger partial charge in [-0.1, -0.05) is 23.7 Å². The minimum atomic E-state index is -4.12. The van der Waals surface area contributed by atoms with E-state index >= 15 is 4.39 Å². The summed E-state index contributed by atoms with van der Waals surface area (Å²) in [4.78, 5) is 24.7. The molecule has 0 atom stereocenters. The van der Waals surface area contributed by atoms with Crippen molar-refractivity contribution in [1.29, 1.82) is 0 Å². The zero-order valence-electron chi connectivity index (χ0n) is 25.5. The fourth-order valence-electron chi connectivity index (χ4n) is 4.91. The van der Waals surface area contributed by atoms with E-state index in [1.165, 1.54) is 30.7 Å². The smallest absolute Gasteiger partial charge is 0.407 e. The first-order valence-corrected chi connectivity index (χ1v) is 16.5. The second-order valence-corrected chi connectivity index (χ2v) is 13.9. The van der Waals surface area contributed by atoms with Gasteiger partial charge in [-0.15, -0.1) is 0 Å². The van der Waals surface area contributed by atoms with Gasteiger partial charge in [0.1, 0.15) is 23.5 Å². The minimum absolute atomic E-state index is 0.0390. The Bertz CT molecular complexity index is 1810. The van der Waals surface area contributed by atoms with E-state index in [2.05, 4.69) is 30.3 Å². The lowest BCUT2D eigenvalue weighted by atomic mass is 9.91. The van der Waals surface area contributed by atoms with Crippen LogP contribution in [-0.4, -0.2) is 47.1 Å². The van der Waals surface area contributed by atoms with Crippen molar-refractivity contribution in [1.82, 2.24) is 20.3 Å². The number of ether oxygens (including phenoxy) is 2. The minimum Gasteiger partial charge on any atom is -0.453 e. The van der Waals surface area contributed by atoms with Gasteiger partial charge in [-0.25, -0.2) is 27.6 Å². The van der Waals surface area contributed by atoms with E-state index in [-0.39, 0.29) is 39.2 Å². The SMILES string of the molecule is CC(C)(C)OC(=O)NC1CCC(Nc2cc(-c3cnccc3Oc3ccc(S(=O)(=O)Nc4ccccc4Cl)cc3F)ncn2)CC1. The lowest BCUT2D eigenvalue weighted by molar-refractivity contribution is 0.0492. The van der Waals surface area contributed by atoms with Crippen LogP contribution in [0.4, 0.5) is 20.7 Å². The Morgan fingerprint density at radius 2 is 1.72 bits per heavy atom. The van der Waals surface area contributed by atoms with Gasteiger partial charge in [-0.2, -0.15) is 0 Å². The normalized spacial score (nSPS) is 16.7. The first kappa shape index (κ1) is 32.9. The van der Waals surface area contributed by atoms with Crippen LogP contribution in [0.1, 0.15) is 46.5 Å². The number of pyridine rings is 1. The lowest BCUT2D eigenvalue weighted by Gasteiger charge is -2.30. The molecule has 1 fully saturated rings. The van der Waals surface area contributed by atoms with Crippen LogP contribution in [0.5, 0.6) is 11.5 Å². The molecule has 2 aromatic heterocycles. The van der Waals surface area contributed by atoms with Crippen LogP contribution < -0.4 is 20.1 Å². The molecular formula is C32H34ClFN6O5S. The Morgan fingerprint density at radius 3 is 2.43 bits per heavy atom. The standard InChI is InChI=1S/C32H34ClFN6O5S/c1-32(2,3)45-31(41)39-21-10-8-20(9-11-21)38-30-17-27(36-19-37-30)23-18-35-15-14-28(23)44-29-13-12-22(16-25(29)34)46(42,43)40-26-7-5-4-6-24(26)33/h4-7,12-21,40H,8-11H2,1-3H3,(H,39,41)(H,36,37,38). The van der Waals surface area contributed by atoms with E-state index in [9.17, 15) is 13.2 Å². The van der Waals surface area contributed by atoms with Crippen LogP contribution in [0.15, 0.2) is 78.2 Å². The first-order valence-electron chi connectivity index (χ1n) is 14.6. The van der Waals surface area contributed by atoms with Crippen LogP contribution >= 0.6 is 11.6 Å². The van der Waals surface area contributed by atoms with E-state index in [1.807, 2.05) is 20.8 Å². The molecule has 0 spiro atoms. The van der Waals surface area contributed by atoms with Gasteiger partial charge in [0.25, 0.3) is 10.0 Å². The number of para-hydroxylation sites is 1. The number of hydrogen-bond acceptors (Lipinski definition) is 9. The average molecular weight is 669 g/mol. The number of alkyl carbamates (subject to hydrolysis) is 1. The summed E-state index contributed by atoms with van der Waals surface area (Å²) >= 11 is 6.07. The topological polar surface area (TPSA) is 144 Å². The molecular weight excluding hydrogens is 635 g/mol. The number of halogens is 2. The van der Waals surface area contributed by atoms with Gasteiger partial charge in [-0.05, 0) is 82.9 Å². The Balaban J connectivity index is 1.25. The molecule has 1 aliphatic rings. The highest BCUT2D eigenvalue weighted by Crippen LogP contribution is 2.35. The van der Waals surface area contributed by atoms with Crippen molar-refractivity contribution >= 4 is 39.2 Å². The molecule has 1 amide bonds. The predicted molar refractivity (Wildman–Crippen MR) is 173 cm³/mol. The Morgan fingerprint density at radius 1 is 0.978 bits per heavy atom. The van der Waals surface area contributed by atoms with Crippen molar-refractivity contribution in [2.24, 2.45) is 0 Å². The Labute approximate surface area is 272 Å². The molecule has 0 radical (unpaired) electrons. The van der Waals surface area contributed by atoms with Crippen molar-refractivity contribution in [2.75, 3.05) is 10.0 Å². The van der Waals surface area contributed by atoms with Crippen LogP contribution in [-0.2, 0) is 14.8 Å². The van der Waals surface area contributed by atoms with E-state index < -0.39 is 27.5 Å². The molecule has 0 saturated heterocycles. The summed E-state index contributed by atoms with van der Waals surface area (Å²) < 4.78 is 54.5. The monoisotopic (exact) mass is 668 g/mol. The third-order valence-corrected chi connectivity index (χ3v) is 8.77. The van der Waals surface area contributed by atoms with Gasteiger partial charge in [0.05, 0.1) is 26.9 Å². The average Bonchev–Trinajstić information content (AvgIpc) is 3.00. The molecule has 2 aromatic carbocycles. The number of sulfonamides is 1. The number of anilines is 2. The second-order valence-electron chi connectivity index (χ2n) is 11.8. The molecule has 1 aliphatic carbocycles. The summed E-state index contributed by atoms with van der Waals surface area (Å²) in [6, 6.07) is 13.2. The maximum Gasteiger partial charge on any atom is 0.407 e. The second kappa shape index (κ2) is 13.9. The molecule has 4 aromatic rings. The van der Waals surface area contributed by atoms with Gasteiger partial charge < -0.3 is 20.1 Å². The first-order chi connectivity index (χ1) is 21.9. The van der Waals surface area contributed by atoms with Gasteiger partial charge >= 0.3 is 6.09 Å². The Hall–Kier alpha value is -4.49. The number of carbonyl (C=O) groups is 1. The quantitative estimate of drug-likeness (QED) is 0.169. The van der Waals surface area contributed by atoms with Crippen LogP contribution in [0.3, 0.4) is 0 Å². The molecule has 0 unspecified atom stereocenters. The number of amides is 1. The molecule has 242 valence electrons. The van der Waals surface area contributed by atoms with Crippen LogP contribution in [0.2, 0.25) is 5.02 Å². The summed E-state index contributed by atoms with van der Waals surface area (Å²) in [6.07, 6.45) is 7.25. The third-order valence-electron chi connectivity index (χ3n) is 7.08. The van der Waals surface area contributed by atoms with E-state index in [0.29, 0.717) is 17.1 Å². The molecule has 0 bridgehead atoms.